The minimum absolute atomic E-state index is 0.186. The maximum Gasteiger partial charge on any atom is 0.260 e. The molecule has 8 nitrogen and oxygen atoms in total. The first-order valence-electron chi connectivity index (χ1n) is 9.07. The van der Waals surface area contributed by atoms with Crippen LogP contribution in [0.4, 0.5) is 0 Å². The van der Waals surface area contributed by atoms with Gasteiger partial charge in [0.25, 0.3) is 5.91 Å². The summed E-state index contributed by atoms with van der Waals surface area (Å²) in [6, 6.07) is 4.77. The number of nitrogens with one attached hydrogen (secondary N) is 1. The van der Waals surface area contributed by atoms with Crippen molar-refractivity contribution in [2.75, 3.05) is 32.8 Å². The SMILES string of the molecule is Cc1n[nH]c(C)c1S(=O)(=O)N1CCCN(C(=O)COc2ccc(Cl)cc2Cl)CC1. The molecule has 0 radical (unpaired) electrons. The summed E-state index contributed by atoms with van der Waals surface area (Å²) in [5.41, 5.74) is 0.945. The Hall–Kier alpha value is -1.81. The summed E-state index contributed by atoms with van der Waals surface area (Å²) >= 11 is 11.9. The van der Waals surface area contributed by atoms with E-state index in [1.54, 1.807) is 30.9 Å². The van der Waals surface area contributed by atoms with Gasteiger partial charge in [0.05, 0.1) is 16.4 Å². The molecule has 0 aliphatic carbocycles. The van der Waals surface area contributed by atoms with E-state index in [0.29, 0.717) is 46.7 Å². The monoisotopic (exact) mass is 460 g/mol. The zero-order valence-corrected chi connectivity index (χ0v) is 18.4. The third kappa shape index (κ3) is 4.85. The smallest absolute Gasteiger partial charge is 0.260 e. The number of hydrogen-bond acceptors (Lipinski definition) is 5. The van der Waals surface area contributed by atoms with E-state index in [0.717, 1.165) is 0 Å². The number of carbonyl (C=O) groups excluding carboxylic acids is 1. The average Bonchev–Trinajstić information content (AvgIpc) is 2.85. The molecule has 29 heavy (non-hydrogen) atoms. The van der Waals surface area contributed by atoms with Crippen molar-refractivity contribution in [1.82, 2.24) is 19.4 Å². The average molecular weight is 461 g/mol. The van der Waals surface area contributed by atoms with Gasteiger partial charge in [0.1, 0.15) is 10.6 Å². The Morgan fingerprint density at radius 3 is 2.62 bits per heavy atom. The highest BCUT2D eigenvalue weighted by Crippen LogP contribution is 2.27. The topological polar surface area (TPSA) is 95.6 Å². The summed E-state index contributed by atoms with van der Waals surface area (Å²) in [6.07, 6.45) is 0.530. The van der Waals surface area contributed by atoms with Crippen molar-refractivity contribution in [2.24, 2.45) is 0 Å². The van der Waals surface area contributed by atoms with Crippen molar-refractivity contribution in [1.29, 1.82) is 0 Å². The van der Waals surface area contributed by atoms with Crippen molar-refractivity contribution >= 4 is 39.1 Å². The van der Waals surface area contributed by atoms with Gasteiger partial charge >= 0.3 is 0 Å². The second-order valence-corrected chi connectivity index (χ2v) is 9.48. The van der Waals surface area contributed by atoms with Crippen LogP contribution in [0.15, 0.2) is 23.1 Å². The molecule has 1 N–H and O–H groups in total. The third-order valence-electron chi connectivity index (χ3n) is 4.71. The Morgan fingerprint density at radius 1 is 1.21 bits per heavy atom. The van der Waals surface area contributed by atoms with Crippen LogP contribution in [-0.2, 0) is 14.8 Å². The minimum Gasteiger partial charge on any atom is -0.482 e. The number of benzene rings is 1. The largest absolute Gasteiger partial charge is 0.482 e. The number of amides is 1. The number of halogens is 2. The van der Waals surface area contributed by atoms with E-state index in [4.69, 9.17) is 27.9 Å². The van der Waals surface area contributed by atoms with Gasteiger partial charge in [0.15, 0.2) is 6.61 Å². The first-order valence-corrected chi connectivity index (χ1v) is 11.3. The van der Waals surface area contributed by atoms with E-state index in [9.17, 15) is 13.2 Å². The lowest BCUT2D eigenvalue weighted by Crippen LogP contribution is -2.39. The first kappa shape index (κ1) is 21.9. The Kier molecular flexibility index (Phi) is 6.72. The fourth-order valence-electron chi connectivity index (χ4n) is 3.26. The number of ether oxygens (including phenoxy) is 1. The number of aromatic amines is 1. The fourth-order valence-corrected chi connectivity index (χ4v) is 5.52. The number of hydrogen-bond donors (Lipinski definition) is 1. The lowest BCUT2D eigenvalue weighted by atomic mass is 10.3. The number of carbonyl (C=O) groups is 1. The minimum atomic E-state index is -3.68. The van der Waals surface area contributed by atoms with E-state index in [1.165, 1.54) is 10.4 Å². The molecule has 1 saturated heterocycles. The number of aryl methyl sites for hydroxylation is 2. The number of nitrogens with zero attached hydrogens (tertiary/aromatic N) is 3. The van der Waals surface area contributed by atoms with Gasteiger partial charge in [-0.25, -0.2) is 8.42 Å². The quantitative estimate of drug-likeness (QED) is 0.739. The van der Waals surface area contributed by atoms with Crippen LogP contribution in [0.3, 0.4) is 0 Å². The van der Waals surface area contributed by atoms with E-state index in [-0.39, 0.29) is 30.5 Å². The molecule has 158 valence electrons. The zero-order chi connectivity index (χ0) is 21.2. The molecule has 1 aliphatic heterocycles. The standard InChI is InChI=1S/C18H22Cl2N4O4S/c1-12-18(13(2)22-21-12)29(26,27)24-7-3-6-23(8-9-24)17(25)11-28-16-5-4-14(19)10-15(16)20/h4-5,10H,3,6-9,11H2,1-2H3,(H,21,22). The van der Waals surface area contributed by atoms with Gasteiger partial charge in [0.2, 0.25) is 10.0 Å². The van der Waals surface area contributed by atoms with E-state index in [1.807, 2.05) is 0 Å². The molecular formula is C18H22Cl2N4O4S. The molecule has 0 atom stereocenters. The molecule has 3 rings (SSSR count). The summed E-state index contributed by atoms with van der Waals surface area (Å²) in [4.78, 5) is 14.4. The second kappa shape index (κ2) is 8.91. The maximum absolute atomic E-state index is 13.0. The van der Waals surface area contributed by atoms with Crippen molar-refractivity contribution < 1.29 is 17.9 Å². The van der Waals surface area contributed by atoms with Gasteiger partial charge in [-0.05, 0) is 38.5 Å². The molecule has 0 unspecified atom stereocenters. The maximum atomic E-state index is 13.0. The van der Waals surface area contributed by atoms with Crippen LogP contribution in [0.5, 0.6) is 5.75 Å². The molecule has 11 heteroatoms. The molecule has 1 aromatic heterocycles. The highest BCUT2D eigenvalue weighted by atomic mass is 35.5. The van der Waals surface area contributed by atoms with Crippen LogP contribution < -0.4 is 4.74 Å². The molecule has 2 heterocycles. The lowest BCUT2D eigenvalue weighted by molar-refractivity contribution is -0.133. The van der Waals surface area contributed by atoms with Crippen LogP contribution in [-0.4, -0.2) is 66.5 Å². The molecule has 2 aromatic rings. The number of aromatic nitrogens is 2. The number of H-pyrrole nitrogens is 1. The summed E-state index contributed by atoms with van der Waals surface area (Å²) in [5, 5.41) is 7.49. The molecular weight excluding hydrogens is 439 g/mol. The van der Waals surface area contributed by atoms with Crippen molar-refractivity contribution in [3.63, 3.8) is 0 Å². The van der Waals surface area contributed by atoms with Gasteiger partial charge in [0, 0.05) is 31.2 Å². The number of sulfonamides is 1. The lowest BCUT2D eigenvalue weighted by Gasteiger charge is -2.22. The molecule has 0 saturated carbocycles. The van der Waals surface area contributed by atoms with E-state index >= 15 is 0 Å². The van der Waals surface area contributed by atoms with Crippen LogP contribution in [0.25, 0.3) is 0 Å². The predicted molar refractivity (Wildman–Crippen MR) is 110 cm³/mol. The van der Waals surface area contributed by atoms with Crippen LogP contribution in [0.2, 0.25) is 10.0 Å². The van der Waals surface area contributed by atoms with Crippen LogP contribution in [0.1, 0.15) is 17.8 Å². The third-order valence-corrected chi connectivity index (χ3v) is 7.40. The van der Waals surface area contributed by atoms with Gasteiger partial charge in [-0.2, -0.15) is 9.40 Å². The van der Waals surface area contributed by atoms with Crippen molar-refractivity contribution in [3.05, 3.63) is 39.6 Å². The van der Waals surface area contributed by atoms with Gasteiger partial charge in [-0.1, -0.05) is 23.2 Å². The zero-order valence-electron chi connectivity index (χ0n) is 16.1. The summed E-state index contributed by atoms with van der Waals surface area (Å²) in [7, 11) is -3.68. The first-order chi connectivity index (χ1) is 13.7. The highest BCUT2D eigenvalue weighted by Gasteiger charge is 2.31. The molecule has 0 spiro atoms. The summed E-state index contributed by atoms with van der Waals surface area (Å²) in [6.45, 7) is 4.43. The Balaban J connectivity index is 1.63. The van der Waals surface area contributed by atoms with Gasteiger partial charge < -0.3 is 9.64 Å². The fraction of sp³-hybridized carbons (Fsp3) is 0.444. The van der Waals surface area contributed by atoms with Crippen LogP contribution in [0, 0.1) is 13.8 Å². The molecule has 1 fully saturated rings. The molecule has 0 bridgehead atoms. The normalized spacial score (nSPS) is 15.9. The Morgan fingerprint density at radius 2 is 1.97 bits per heavy atom. The summed E-state index contributed by atoms with van der Waals surface area (Å²) < 4.78 is 32.9. The molecule has 1 aliphatic rings. The predicted octanol–water partition coefficient (Wildman–Crippen LogP) is 2.64. The molecule has 1 amide bonds. The highest BCUT2D eigenvalue weighted by molar-refractivity contribution is 7.89. The van der Waals surface area contributed by atoms with Crippen molar-refractivity contribution in [3.8, 4) is 5.75 Å². The van der Waals surface area contributed by atoms with E-state index < -0.39 is 10.0 Å². The summed E-state index contributed by atoms with van der Waals surface area (Å²) in [5.74, 6) is 0.139. The van der Waals surface area contributed by atoms with Crippen molar-refractivity contribution in [2.45, 2.75) is 25.2 Å². The number of rotatable bonds is 5. The van der Waals surface area contributed by atoms with Gasteiger partial charge in [-0.3, -0.25) is 9.89 Å². The Labute approximate surface area is 179 Å². The molecule has 1 aromatic carbocycles. The van der Waals surface area contributed by atoms with E-state index in [2.05, 4.69) is 10.2 Å². The second-order valence-electron chi connectivity index (χ2n) is 6.76. The van der Waals surface area contributed by atoms with Gasteiger partial charge in [-0.15, -0.1) is 0 Å². The van der Waals surface area contributed by atoms with Crippen LogP contribution >= 0.6 is 23.2 Å². The Bertz CT molecular complexity index is 990.